The van der Waals surface area contributed by atoms with Gasteiger partial charge >= 0.3 is 0 Å². The molecule has 2 amide bonds. The number of rotatable bonds is 9. The summed E-state index contributed by atoms with van der Waals surface area (Å²) in [5.41, 5.74) is -0.264. The summed E-state index contributed by atoms with van der Waals surface area (Å²) in [4.78, 5) is 36.7. The molecule has 0 aromatic carbocycles. The maximum atomic E-state index is 13.5. The first-order valence-electron chi connectivity index (χ1n) is 10.2. The predicted molar refractivity (Wildman–Crippen MR) is 111 cm³/mol. The third kappa shape index (κ3) is 4.91. The number of pyridine rings is 1. The van der Waals surface area contributed by atoms with E-state index < -0.39 is 5.54 Å². The van der Waals surface area contributed by atoms with Gasteiger partial charge in [0.1, 0.15) is 5.54 Å². The van der Waals surface area contributed by atoms with Crippen LogP contribution in [0.1, 0.15) is 48.9 Å². The molecule has 3 rings (SSSR count). The van der Waals surface area contributed by atoms with Crippen LogP contribution in [-0.4, -0.2) is 49.9 Å². The Labute approximate surface area is 171 Å². The Morgan fingerprint density at radius 1 is 1.17 bits per heavy atom. The average Bonchev–Trinajstić information content (AvgIpc) is 3.29. The van der Waals surface area contributed by atoms with Gasteiger partial charge in [-0.1, -0.05) is 25.3 Å². The monoisotopic (exact) mass is 395 g/mol. The van der Waals surface area contributed by atoms with Crippen LogP contribution >= 0.6 is 0 Å². The van der Waals surface area contributed by atoms with Crippen LogP contribution < -0.4 is 5.32 Å². The largest absolute Gasteiger partial charge is 0.351 e. The van der Waals surface area contributed by atoms with E-state index >= 15 is 0 Å². The minimum absolute atomic E-state index is 0.0814. The molecule has 1 fully saturated rings. The van der Waals surface area contributed by atoms with Crippen LogP contribution in [0.25, 0.3) is 0 Å². The molecule has 0 bridgehead atoms. The topological polar surface area (TPSA) is 80.1 Å². The Morgan fingerprint density at radius 3 is 2.59 bits per heavy atom. The molecule has 2 aromatic heterocycles. The SMILES string of the molecule is C=CCNC(=O)C1(N(CCCn2ccnc2)C(=O)c2ccncc2)CCCCC1. The molecule has 7 heteroatoms. The molecular formula is C22H29N5O2. The normalized spacial score (nSPS) is 15.4. The van der Waals surface area contributed by atoms with Gasteiger partial charge in [0, 0.05) is 50.0 Å². The summed E-state index contributed by atoms with van der Waals surface area (Å²) in [6.07, 6.45) is 15.4. The van der Waals surface area contributed by atoms with E-state index in [0.29, 0.717) is 31.5 Å². The van der Waals surface area contributed by atoms with E-state index in [1.54, 1.807) is 48.0 Å². The van der Waals surface area contributed by atoms with E-state index in [1.807, 2.05) is 10.8 Å². The molecule has 0 spiro atoms. The molecule has 2 heterocycles. The number of hydrogen-bond donors (Lipinski definition) is 1. The fourth-order valence-electron chi connectivity index (χ4n) is 4.08. The lowest BCUT2D eigenvalue weighted by atomic mass is 9.78. The van der Waals surface area contributed by atoms with Gasteiger partial charge in [-0.2, -0.15) is 0 Å². The predicted octanol–water partition coefficient (Wildman–Crippen LogP) is 2.82. The Morgan fingerprint density at radius 2 is 1.93 bits per heavy atom. The zero-order valence-electron chi connectivity index (χ0n) is 16.8. The van der Waals surface area contributed by atoms with Gasteiger partial charge in [0.2, 0.25) is 5.91 Å². The van der Waals surface area contributed by atoms with Gasteiger partial charge < -0.3 is 14.8 Å². The third-order valence-electron chi connectivity index (χ3n) is 5.56. The maximum Gasteiger partial charge on any atom is 0.254 e. The number of hydrogen-bond acceptors (Lipinski definition) is 4. The van der Waals surface area contributed by atoms with Crippen molar-refractivity contribution in [3.8, 4) is 0 Å². The number of imidazole rings is 1. The molecule has 2 aromatic rings. The van der Waals surface area contributed by atoms with Crippen molar-refractivity contribution in [1.82, 2.24) is 24.8 Å². The Balaban J connectivity index is 1.87. The second-order valence-corrected chi connectivity index (χ2v) is 7.44. The number of nitrogens with one attached hydrogen (secondary N) is 1. The van der Waals surface area contributed by atoms with E-state index in [0.717, 1.165) is 32.2 Å². The van der Waals surface area contributed by atoms with Crippen molar-refractivity contribution in [1.29, 1.82) is 0 Å². The summed E-state index contributed by atoms with van der Waals surface area (Å²) in [5.74, 6) is -0.198. The smallest absolute Gasteiger partial charge is 0.254 e. The van der Waals surface area contributed by atoms with Crippen molar-refractivity contribution in [3.05, 3.63) is 61.5 Å². The number of aromatic nitrogens is 3. The van der Waals surface area contributed by atoms with Crippen molar-refractivity contribution >= 4 is 11.8 Å². The van der Waals surface area contributed by atoms with Gasteiger partial charge in [-0.15, -0.1) is 6.58 Å². The molecule has 154 valence electrons. The Bertz CT molecular complexity index is 798. The minimum Gasteiger partial charge on any atom is -0.351 e. The van der Waals surface area contributed by atoms with Crippen LogP contribution in [0.2, 0.25) is 0 Å². The maximum absolute atomic E-state index is 13.5. The van der Waals surface area contributed by atoms with E-state index in [2.05, 4.69) is 21.9 Å². The fraction of sp³-hybridized carbons (Fsp3) is 0.455. The molecular weight excluding hydrogens is 366 g/mol. The van der Waals surface area contributed by atoms with Crippen molar-refractivity contribution in [2.75, 3.05) is 13.1 Å². The van der Waals surface area contributed by atoms with Crippen LogP contribution in [0.5, 0.6) is 0 Å². The second-order valence-electron chi connectivity index (χ2n) is 7.44. The number of carbonyl (C=O) groups is 2. The molecule has 0 aliphatic heterocycles. The van der Waals surface area contributed by atoms with Crippen molar-refractivity contribution < 1.29 is 9.59 Å². The van der Waals surface area contributed by atoms with Gasteiger partial charge in [-0.3, -0.25) is 14.6 Å². The van der Waals surface area contributed by atoms with Gasteiger partial charge in [-0.05, 0) is 31.4 Å². The van der Waals surface area contributed by atoms with Crippen LogP contribution in [0.15, 0.2) is 55.9 Å². The molecule has 7 nitrogen and oxygen atoms in total. The van der Waals surface area contributed by atoms with Crippen LogP contribution in [0.3, 0.4) is 0 Å². The summed E-state index contributed by atoms with van der Waals surface area (Å²) in [5, 5.41) is 2.96. The van der Waals surface area contributed by atoms with Gasteiger partial charge in [-0.25, -0.2) is 4.98 Å². The van der Waals surface area contributed by atoms with Crippen LogP contribution in [0, 0.1) is 0 Å². The Hall–Kier alpha value is -2.96. The fourth-order valence-corrected chi connectivity index (χ4v) is 4.08. The summed E-state index contributed by atoms with van der Waals surface area (Å²) >= 11 is 0. The molecule has 1 aliphatic rings. The lowest BCUT2D eigenvalue weighted by Gasteiger charge is -2.45. The molecule has 1 saturated carbocycles. The molecule has 0 atom stereocenters. The van der Waals surface area contributed by atoms with E-state index in [1.165, 1.54) is 0 Å². The standard InChI is InChI=1S/C22H29N5O2/c1-2-11-25-21(29)22(9-4-3-5-10-22)27(16-6-15-26-17-14-24-18-26)20(28)19-7-12-23-13-8-19/h2,7-8,12-14,17-18H,1,3-6,9-11,15-16H2,(H,25,29). The highest BCUT2D eigenvalue weighted by atomic mass is 16.2. The van der Waals surface area contributed by atoms with Crippen LogP contribution in [-0.2, 0) is 11.3 Å². The zero-order valence-corrected chi connectivity index (χ0v) is 16.8. The number of carbonyl (C=O) groups excluding carboxylic acids is 2. The summed E-state index contributed by atoms with van der Waals surface area (Å²) in [6, 6.07) is 3.42. The molecule has 0 unspecified atom stereocenters. The first-order valence-corrected chi connectivity index (χ1v) is 10.2. The van der Waals surface area contributed by atoms with Gasteiger partial charge in [0.15, 0.2) is 0 Å². The van der Waals surface area contributed by atoms with Crippen LogP contribution in [0.4, 0.5) is 0 Å². The summed E-state index contributed by atoms with van der Waals surface area (Å²) < 4.78 is 1.99. The van der Waals surface area contributed by atoms with Gasteiger partial charge in [0.25, 0.3) is 5.91 Å². The quantitative estimate of drug-likeness (QED) is 0.662. The lowest BCUT2D eigenvalue weighted by molar-refractivity contribution is -0.134. The van der Waals surface area contributed by atoms with E-state index in [4.69, 9.17) is 0 Å². The summed E-state index contributed by atoms with van der Waals surface area (Å²) in [7, 11) is 0. The van der Waals surface area contributed by atoms with E-state index in [9.17, 15) is 9.59 Å². The number of nitrogens with zero attached hydrogens (tertiary/aromatic N) is 4. The van der Waals surface area contributed by atoms with E-state index in [-0.39, 0.29) is 11.8 Å². The summed E-state index contributed by atoms with van der Waals surface area (Å²) in [6.45, 7) is 5.33. The molecule has 1 aliphatic carbocycles. The molecule has 0 saturated heterocycles. The first-order chi connectivity index (χ1) is 14.2. The lowest BCUT2D eigenvalue weighted by Crippen LogP contribution is -2.62. The number of aryl methyl sites for hydroxylation is 1. The average molecular weight is 396 g/mol. The highest BCUT2D eigenvalue weighted by molar-refractivity contribution is 5.99. The Kier molecular flexibility index (Phi) is 7.16. The second kappa shape index (κ2) is 10.0. The third-order valence-corrected chi connectivity index (χ3v) is 5.56. The highest BCUT2D eigenvalue weighted by Crippen LogP contribution is 2.35. The number of amides is 2. The zero-order chi connectivity index (χ0) is 20.5. The highest BCUT2D eigenvalue weighted by Gasteiger charge is 2.46. The molecule has 0 radical (unpaired) electrons. The molecule has 29 heavy (non-hydrogen) atoms. The molecule has 1 N–H and O–H groups in total. The minimum atomic E-state index is -0.823. The van der Waals surface area contributed by atoms with Crippen molar-refractivity contribution in [2.45, 2.75) is 50.6 Å². The van der Waals surface area contributed by atoms with Crippen molar-refractivity contribution in [3.63, 3.8) is 0 Å². The van der Waals surface area contributed by atoms with Gasteiger partial charge in [0.05, 0.1) is 6.33 Å². The first kappa shape index (κ1) is 20.8. The van der Waals surface area contributed by atoms with Crippen molar-refractivity contribution in [2.24, 2.45) is 0 Å².